The minimum absolute atomic E-state index is 0.0988. The lowest BCUT2D eigenvalue weighted by atomic mass is 10.4. The molecule has 2 heterocycles. The van der Waals surface area contributed by atoms with Gasteiger partial charge in [-0.2, -0.15) is 0 Å². The van der Waals surface area contributed by atoms with Gasteiger partial charge in [0.25, 0.3) is 0 Å². The van der Waals surface area contributed by atoms with Crippen LogP contribution < -0.4 is 5.32 Å². The molecule has 0 aliphatic rings. The molecule has 0 unspecified atom stereocenters. The van der Waals surface area contributed by atoms with Gasteiger partial charge < -0.3 is 10.4 Å². The number of carboxylic acid groups (broad SMARTS) is 1. The molecule has 0 spiro atoms. The van der Waals surface area contributed by atoms with E-state index in [0.717, 1.165) is 5.69 Å². The second-order valence-corrected chi connectivity index (χ2v) is 3.87. The van der Waals surface area contributed by atoms with Crippen molar-refractivity contribution in [1.29, 1.82) is 0 Å². The Balaban J connectivity index is 2.21. The van der Waals surface area contributed by atoms with Crippen LogP contribution in [0, 0.1) is 6.92 Å². The molecule has 2 aromatic rings. The smallest absolute Gasteiger partial charge is 0.356 e. The van der Waals surface area contributed by atoms with E-state index in [4.69, 9.17) is 5.11 Å². The summed E-state index contributed by atoms with van der Waals surface area (Å²) in [6.07, 6.45) is 2.64. The number of hydrogen-bond donors (Lipinski definition) is 2. The van der Waals surface area contributed by atoms with Crippen LogP contribution >= 0.6 is 11.3 Å². The first kappa shape index (κ1) is 10.5. The van der Waals surface area contributed by atoms with Gasteiger partial charge >= 0.3 is 5.97 Å². The fourth-order valence-electron chi connectivity index (χ4n) is 1.05. The summed E-state index contributed by atoms with van der Waals surface area (Å²) in [4.78, 5) is 22.5. The highest BCUT2D eigenvalue weighted by Gasteiger charge is 2.07. The summed E-state index contributed by atoms with van der Waals surface area (Å²) in [5.74, 6) is -0.735. The first-order chi connectivity index (χ1) is 7.65. The number of anilines is 2. The van der Waals surface area contributed by atoms with Crippen LogP contribution in [0.4, 0.5) is 10.9 Å². The predicted molar refractivity (Wildman–Crippen MR) is 59.1 cm³/mol. The normalized spacial score (nSPS) is 10.1. The zero-order valence-electron chi connectivity index (χ0n) is 8.34. The lowest BCUT2D eigenvalue weighted by Gasteiger charge is -2.01. The van der Waals surface area contributed by atoms with Gasteiger partial charge in [0.05, 0.1) is 18.1 Å². The fourth-order valence-corrected chi connectivity index (χ4v) is 1.75. The van der Waals surface area contributed by atoms with E-state index in [9.17, 15) is 4.79 Å². The van der Waals surface area contributed by atoms with Gasteiger partial charge in [-0.3, -0.25) is 4.98 Å². The van der Waals surface area contributed by atoms with Crippen molar-refractivity contribution in [2.45, 2.75) is 6.92 Å². The maximum Gasteiger partial charge on any atom is 0.356 e. The Morgan fingerprint density at radius 3 is 2.88 bits per heavy atom. The Morgan fingerprint density at radius 2 is 2.25 bits per heavy atom. The molecule has 2 N–H and O–H groups in total. The highest BCUT2D eigenvalue weighted by Crippen LogP contribution is 2.18. The number of aromatic nitrogens is 3. The van der Waals surface area contributed by atoms with Gasteiger partial charge in [-0.05, 0) is 6.92 Å². The zero-order chi connectivity index (χ0) is 11.5. The first-order valence-electron chi connectivity index (χ1n) is 4.39. The van der Waals surface area contributed by atoms with Crippen LogP contribution in [0.3, 0.4) is 0 Å². The van der Waals surface area contributed by atoms with E-state index in [0.29, 0.717) is 10.9 Å². The Morgan fingerprint density at radius 1 is 1.44 bits per heavy atom. The largest absolute Gasteiger partial charge is 0.476 e. The molecular weight excluding hydrogens is 228 g/mol. The average Bonchev–Trinajstić information content (AvgIpc) is 2.64. The van der Waals surface area contributed by atoms with E-state index < -0.39 is 5.97 Å². The third-order valence-electron chi connectivity index (χ3n) is 1.71. The quantitative estimate of drug-likeness (QED) is 0.843. The second-order valence-electron chi connectivity index (χ2n) is 3.01. The molecule has 0 bridgehead atoms. The molecule has 2 aromatic heterocycles. The standard InChI is InChI=1S/C9H8N4O2S/c1-5-4-16-9(11-5)13-7-3-10-2-6(12-7)8(14)15/h2-4H,1H3,(H,14,15)(H,11,12,13). The lowest BCUT2D eigenvalue weighted by Crippen LogP contribution is -2.03. The van der Waals surface area contributed by atoms with Crippen molar-refractivity contribution >= 4 is 28.3 Å². The lowest BCUT2D eigenvalue weighted by molar-refractivity contribution is 0.0690. The molecule has 2 rings (SSSR count). The zero-order valence-corrected chi connectivity index (χ0v) is 9.15. The summed E-state index contributed by atoms with van der Waals surface area (Å²) in [5.41, 5.74) is 0.799. The Bertz CT molecular complexity index is 526. The molecule has 0 atom stereocenters. The number of aryl methyl sites for hydroxylation is 1. The molecule has 0 aromatic carbocycles. The van der Waals surface area contributed by atoms with E-state index in [1.54, 1.807) is 0 Å². The number of carboxylic acids is 1. The Hall–Kier alpha value is -2.02. The summed E-state index contributed by atoms with van der Waals surface area (Å²) < 4.78 is 0. The Kier molecular flexibility index (Phi) is 2.78. The molecule has 82 valence electrons. The number of hydrogen-bond acceptors (Lipinski definition) is 6. The van der Waals surface area contributed by atoms with Gasteiger partial charge in [0.15, 0.2) is 16.6 Å². The molecule has 6 nitrogen and oxygen atoms in total. The van der Waals surface area contributed by atoms with Gasteiger partial charge in [-0.25, -0.2) is 14.8 Å². The van der Waals surface area contributed by atoms with E-state index in [1.807, 2.05) is 12.3 Å². The van der Waals surface area contributed by atoms with Crippen molar-refractivity contribution < 1.29 is 9.90 Å². The number of nitrogens with one attached hydrogen (secondary N) is 1. The second kappa shape index (κ2) is 4.23. The maximum absolute atomic E-state index is 10.7. The Labute approximate surface area is 95.0 Å². The molecule has 0 aliphatic carbocycles. The molecule has 0 saturated heterocycles. The molecule has 0 radical (unpaired) electrons. The van der Waals surface area contributed by atoms with Gasteiger partial charge in [0, 0.05) is 5.38 Å². The molecule has 0 amide bonds. The van der Waals surface area contributed by atoms with Gasteiger partial charge in [-0.1, -0.05) is 0 Å². The number of aromatic carboxylic acids is 1. The summed E-state index contributed by atoms with van der Waals surface area (Å²) in [5, 5.41) is 14.2. The van der Waals surface area contributed by atoms with E-state index >= 15 is 0 Å². The van der Waals surface area contributed by atoms with E-state index in [-0.39, 0.29) is 5.69 Å². The van der Waals surface area contributed by atoms with Crippen molar-refractivity contribution in [3.63, 3.8) is 0 Å². The average molecular weight is 236 g/mol. The first-order valence-corrected chi connectivity index (χ1v) is 5.27. The monoisotopic (exact) mass is 236 g/mol. The molecule has 16 heavy (non-hydrogen) atoms. The van der Waals surface area contributed by atoms with Crippen LogP contribution in [0.25, 0.3) is 0 Å². The summed E-state index contributed by atoms with van der Waals surface area (Å²) in [7, 11) is 0. The number of nitrogens with zero attached hydrogens (tertiary/aromatic N) is 3. The SMILES string of the molecule is Cc1csc(Nc2cncc(C(=O)O)n2)n1. The minimum Gasteiger partial charge on any atom is -0.476 e. The third kappa shape index (κ3) is 2.31. The van der Waals surface area contributed by atoms with Crippen molar-refractivity contribution in [3.05, 3.63) is 29.2 Å². The van der Waals surface area contributed by atoms with Crippen molar-refractivity contribution in [1.82, 2.24) is 15.0 Å². The predicted octanol–water partition coefficient (Wildman–Crippen LogP) is 1.68. The van der Waals surface area contributed by atoms with Gasteiger partial charge in [0.2, 0.25) is 0 Å². The van der Waals surface area contributed by atoms with Crippen molar-refractivity contribution in [2.24, 2.45) is 0 Å². The van der Waals surface area contributed by atoms with Crippen LogP contribution in [0.2, 0.25) is 0 Å². The minimum atomic E-state index is -1.11. The van der Waals surface area contributed by atoms with Crippen molar-refractivity contribution in [2.75, 3.05) is 5.32 Å². The van der Waals surface area contributed by atoms with Gasteiger partial charge in [-0.15, -0.1) is 11.3 Å². The highest BCUT2D eigenvalue weighted by molar-refractivity contribution is 7.13. The molecule has 7 heteroatoms. The molecule has 0 fully saturated rings. The van der Waals surface area contributed by atoms with Crippen LogP contribution in [0.1, 0.15) is 16.2 Å². The number of thiazole rings is 1. The fraction of sp³-hybridized carbons (Fsp3) is 0.111. The molecule has 0 aliphatic heterocycles. The van der Waals surface area contributed by atoms with Crippen LogP contribution in [0.5, 0.6) is 0 Å². The van der Waals surface area contributed by atoms with Gasteiger partial charge in [0.1, 0.15) is 0 Å². The summed E-state index contributed by atoms with van der Waals surface area (Å²) >= 11 is 1.42. The molecular formula is C9H8N4O2S. The van der Waals surface area contributed by atoms with Crippen LogP contribution in [-0.2, 0) is 0 Å². The third-order valence-corrected chi connectivity index (χ3v) is 2.58. The topological polar surface area (TPSA) is 88.0 Å². The number of rotatable bonds is 3. The van der Waals surface area contributed by atoms with E-state index in [2.05, 4.69) is 20.3 Å². The highest BCUT2D eigenvalue weighted by atomic mass is 32.1. The van der Waals surface area contributed by atoms with Crippen molar-refractivity contribution in [3.8, 4) is 0 Å². The summed E-state index contributed by atoms with van der Waals surface area (Å²) in [6.45, 7) is 1.88. The van der Waals surface area contributed by atoms with Crippen LogP contribution in [-0.4, -0.2) is 26.0 Å². The molecule has 0 saturated carbocycles. The number of carbonyl (C=O) groups is 1. The maximum atomic E-state index is 10.7. The van der Waals surface area contributed by atoms with Crippen LogP contribution in [0.15, 0.2) is 17.8 Å². The van der Waals surface area contributed by atoms with E-state index in [1.165, 1.54) is 23.7 Å². The summed E-state index contributed by atoms with van der Waals surface area (Å²) in [6, 6.07) is 0.